The number of aromatic nitrogens is 2. The van der Waals surface area contributed by atoms with Gasteiger partial charge in [0, 0.05) is 10.8 Å². The molecule has 0 spiro atoms. The van der Waals surface area contributed by atoms with Gasteiger partial charge in [0.2, 0.25) is 0 Å². The maximum Gasteiger partial charge on any atom is 0.145 e. The van der Waals surface area contributed by atoms with E-state index in [4.69, 9.17) is 4.98 Å². The number of hydrogen-bond acceptors (Lipinski definition) is 1. The smallest absolute Gasteiger partial charge is 0.145 e. The molecule has 1 aliphatic heterocycles. The molecule has 0 fully saturated rings. The van der Waals surface area contributed by atoms with E-state index in [0.717, 1.165) is 5.65 Å². The Labute approximate surface area is 256 Å². The van der Waals surface area contributed by atoms with Gasteiger partial charge in [0.05, 0.1) is 28.2 Å². The van der Waals surface area contributed by atoms with E-state index in [9.17, 15) is 0 Å². The molecule has 0 atom stereocenters. The molecule has 0 aliphatic carbocycles. The molecule has 2 nitrogen and oxygen atoms in total. The second kappa shape index (κ2) is 9.26. The van der Waals surface area contributed by atoms with Gasteiger partial charge in [0.25, 0.3) is 0 Å². The van der Waals surface area contributed by atoms with E-state index >= 15 is 0 Å². The van der Waals surface area contributed by atoms with Crippen LogP contribution in [0.2, 0.25) is 0 Å². The normalized spacial score (nSPS) is 14.8. The van der Waals surface area contributed by atoms with Crippen molar-refractivity contribution in [3.8, 4) is 0 Å². The number of pyridine rings is 1. The Bertz CT molecular complexity index is 2240. The fourth-order valence-electron chi connectivity index (χ4n) is 8.45. The van der Waals surface area contributed by atoms with Gasteiger partial charge in [0.15, 0.2) is 0 Å². The number of rotatable bonds is 4. The maximum atomic E-state index is 5.29. The lowest BCUT2D eigenvalue weighted by molar-refractivity contribution is 0.401. The van der Waals surface area contributed by atoms with Crippen LogP contribution >= 0.6 is 0 Å². The second-order valence-corrected chi connectivity index (χ2v) is 12.0. The third kappa shape index (κ3) is 2.97. The zero-order valence-corrected chi connectivity index (χ0v) is 24.5. The van der Waals surface area contributed by atoms with Crippen LogP contribution in [0.25, 0.3) is 27.3 Å². The Hall–Kier alpha value is -5.47. The molecule has 9 rings (SSSR count). The van der Waals surface area contributed by atoms with Gasteiger partial charge in [-0.25, -0.2) is 4.98 Å². The molecule has 2 aromatic heterocycles. The van der Waals surface area contributed by atoms with Crippen molar-refractivity contribution in [1.82, 2.24) is 9.38 Å². The van der Waals surface area contributed by atoms with Gasteiger partial charge in [-0.2, -0.15) is 0 Å². The summed E-state index contributed by atoms with van der Waals surface area (Å²) in [5, 5.41) is 3.71. The number of benzene rings is 6. The second-order valence-electron chi connectivity index (χ2n) is 12.0. The molecule has 0 saturated carbocycles. The van der Waals surface area contributed by atoms with Crippen molar-refractivity contribution in [2.24, 2.45) is 0 Å². The molecule has 2 heteroatoms. The zero-order valence-electron chi connectivity index (χ0n) is 24.5. The SMILES string of the molecule is Cc1ccc2c3c1c1ccccc1c1ncc(n13)C(c1ccccc1)(c1ccccc1)C2(c1ccccc1)c1ccccc1. The fraction of sp³-hybridized carbons (Fsp3) is 0.0714. The van der Waals surface area contributed by atoms with Gasteiger partial charge in [-0.05, 0) is 45.7 Å². The molecule has 3 heterocycles. The van der Waals surface area contributed by atoms with Crippen molar-refractivity contribution in [3.05, 3.63) is 203 Å². The molecular formula is C42H30N2. The average Bonchev–Trinajstić information content (AvgIpc) is 3.55. The lowest BCUT2D eigenvalue weighted by Gasteiger charge is -2.55. The van der Waals surface area contributed by atoms with Crippen molar-refractivity contribution in [2.75, 3.05) is 0 Å². The quantitative estimate of drug-likeness (QED) is 0.195. The molecule has 0 amide bonds. The van der Waals surface area contributed by atoms with Crippen molar-refractivity contribution in [1.29, 1.82) is 0 Å². The van der Waals surface area contributed by atoms with E-state index < -0.39 is 10.8 Å². The van der Waals surface area contributed by atoms with E-state index in [1.807, 2.05) is 0 Å². The summed E-state index contributed by atoms with van der Waals surface area (Å²) in [5.74, 6) is 0. The fourth-order valence-corrected chi connectivity index (χ4v) is 8.45. The van der Waals surface area contributed by atoms with E-state index in [2.05, 4.69) is 175 Å². The third-order valence-electron chi connectivity index (χ3n) is 9.99. The van der Waals surface area contributed by atoms with E-state index in [0.29, 0.717) is 0 Å². The van der Waals surface area contributed by atoms with Crippen molar-refractivity contribution < 1.29 is 0 Å². The molecule has 0 unspecified atom stereocenters. The summed E-state index contributed by atoms with van der Waals surface area (Å²) < 4.78 is 2.49. The summed E-state index contributed by atoms with van der Waals surface area (Å²) in [4.78, 5) is 5.29. The first kappa shape index (κ1) is 25.1. The lowest BCUT2D eigenvalue weighted by Crippen LogP contribution is -2.55. The standard InChI is InChI=1S/C42H30N2/c1-29-26-27-36-39-38(29)34-24-14-15-25-35(34)40-43-28-37(44(39)40)42(32-20-10-4-11-21-32,33-22-12-5-13-23-33)41(36,30-16-6-2-7-17-30)31-18-8-3-9-19-31/h2-28H,1H3. The molecule has 0 bridgehead atoms. The van der Waals surface area contributed by atoms with Crippen LogP contribution in [0, 0.1) is 6.92 Å². The summed E-state index contributed by atoms with van der Waals surface area (Å²) in [5.41, 5.74) is 9.60. The number of nitrogens with zero attached hydrogens (tertiary/aromatic N) is 2. The van der Waals surface area contributed by atoms with E-state index in [-0.39, 0.29) is 0 Å². The van der Waals surface area contributed by atoms with Crippen LogP contribution in [0.5, 0.6) is 0 Å². The van der Waals surface area contributed by atoms with E-state index in [1.165, 1.54) is 60.8 Å². The predicted octanol–water partition coefficient (Wildman–Crippen LogP) is 9.63. The Balaban J connectivity index is 1.67. The Morgan fingerprint density at radius 1 is 0.477 bits per heavy atom. The maximum absolute atomic E-state index is 5.29. The van der Waals surface area contributed by atoms with Crippen molar-refractivity contribution in [2.45, 2.75) is 17.8 Å². The Kier molecular flexibility index (Phi) is 5.28. The minimum Gasteiger partial charge on any atom is -0.294 e. The van der Waals surface area contributed by atoms with Crippen LogP contribution in [0.15, 0.2) is 164 Å². The zero-order chi connectivity index (χ0) is 29.3. The predicted molar refractivity (Wildman–Crippen MR) is 180 cm³/mol. The van der Waals surface area contributed by atoms with Crippen LogP contribution < -0.4 is 0 Å². The van der Waals surface area contributed by atoms with Crippen molar-refractivity contribution >= 4 is 27.3 Å². The van der Waals surface area contributed by atoms with Crippen molar-refractivity contribution in [3.63, 3.8) is 0 Å². The Morgan fingerprint density at radius 2 is 0.932 bits per heavy atom. The minimum atomic E-state index is -0.671. The van der Waals surface area contributed by atoms with Crippen LogP contribution in [-0.4, -0.2) is 9.38 Å². The Morgan fingerprint density at radius 3 is 1.45 bits per heavy atom. The summed E-state index contributed by atoms with van der Waals surface area (Å²) >= 11 is 0. The highest BCUT2D eigenvalue weighted by atomic mass is 15.1. The molecule has 0 saturated heterocycles. The van der Waals surface area contributed by atoms with Gasteiger partial charge < -0.3 is 0 Å². The number of aryl methyl sites for hydroxylation is 1. The van der Waals surface area contributed by atoms with Gasteiger partial charge in [-0.15, -0.1) is 0 Å². The van der Waals surface area contributed by atoms with Gasteiger partial charge >= 0.3 is 0 Å². The first-order valence-electron chi connectivity index (χ1n) is 15.3. The molecular weight excluding hydrogens is 532 g/mol. The topological polar surface area (TPSA) is 17.3 Å². The summed E-state index contributed by atoms with van der Waals surface area (Å²) in [6.45, 7) is 2.25. The first-order chi connectivity index (χ1) is 21.8. The molecule has 1 aliphatic rings. The molecule has 0 N–H and O–H groups in total. The molecule has 44 heavy (non-hydrogen) atoms. The van der Waals surface area contributed by atoms with Gasteiger partial charge in [-0.3, -0.25) is 4.40 Å². The highest BCUT2D eigenvalue weighted by Gasteiger charge is 2.61. The number of hydrogen-bond donors (Lipinski definition) is 0. The van der Waals surface area contributed by atoms with E-state index in [1.54, 1.807) is 0 Å². The van der Waals surface area contributed by atoms with Crippen LogP contribution in [0.1, 0.15) is 39.1 Å². The summed E-state index contributed by atoms with van der Waals surface area (Å²) in [7, 11) is 0. The number of fused-ring (bicyclic) bond motifs is 3. The van der Waals surface area contributed by atoms with Crippen LogP contribution in [0.3, 0.4) is 0 Å². The lowest BCUT2D eigenvalue weighted by atomic mass is 9.47. The monoisotopic (exact) mass is 562 g/mol. The summed E-state index contributed by atoms with van der Waals surface area (Å²) in [6, 6.07) is 58.0. The molecule has 0 radical (unpaired) electrons. The molecule has 8 aromatic rings. The average molecular weight is 563 g/mol. The summed E-state index contributed by atoms with van der Waals surface area (Å²) in [6.07, 6.45) is 2.16. The third-order valence-corrected chi connectivity index (χ3v) is 9.99. The highest BCUT2D eigenvalue weighted by molar-refractivity contribution is 6.15. The number of imidazole rings is 1. The van der Waals surface area contributed by atoms with Gasteiger partial charge in [0.1, 0.15) is 5.65 Å². The first-order valence-corrected chi connectivity index (χ1v) is 15.3. The minimum absolute atomic E-state index is 0.643. The highest BCUT2D eigenvalue weighted by Crippen LogP contribution is 2.63. The molecule has 208 valence electrons. The van der Waals surface area contributed by atoms with Crippen LogP contribution in [-0.2, 0) is 10.8 Å². The van der Waals surface area contributed by atoms with Gasteiger partial charge in [-0.1, -0.05) is 158 Å². The van der Waals surface area contributed by atoms with Crippen LogP contribution in [0.4, 0.5) is 0 Å². The molecule has 6 aromatic carbocycles. The largest absolute Gasteiger partial charge is 0.294 e.